The second kappa shape index (κ2) is 9.41. The van der Waals surface area contributed by atoms with Gasteiger partial charge in [-0.1, -0.05) is 0 Å². The van der Waals surface area contributed by atoms with Crippen LogP contribution in [0.5, 0.6) is 0 Å². The fourth-order valence-electron chi connectivity index (χ4n) is 4.05. The zero-order valence-corrected chi connectivity index (χ0v) is 17.0. The zero-order chi connectivity index (χ0) is 23.4. The third-order valence-electron chi connectivity index (χ3n) is 5.56. The number of carbonyl (C=O) groups excluding carboxylic acids is 2. The van der Waals surface area contributed by atoms with Gasteiger partial charge in [0.2, 0.25) is 0 Å². The summed E-state index contributed by atoms with van der Waals surface area (Å²) in [7, 11) is 0. The molecule has 1 spiro atoms. The number of nitrogens with zero attached hydrogens (tertiary/aromatic N) is 3. The summed E-state index contributed by atoms with van der Waals surface area (Å²) in [6, 6.07) is 7.02. The van der Waals surface area contributed by atoms with Gasteiger partial charge >= 0.3 is 12.1 Å². The van der Waals surface area contributed by atoms with Crippen molar-refractivity contribution in [3.05, 3.63) is 54.2 Å². The quantitative estimate of drug-likeness (QED) is 0.750. The van der Waals surface area contributed by atoms with Gasteiger partial charge in [-0.3, -0.25) is 14.6 Å². The largest absolute Gasteiger partial charge is 0.490 e. The molecule has 0 aromatic carbocycles. The molecule has 1 N–H and O–H groups in total. The number of aromatic nitrogens is 1. The van der Waals surface area contributed by atoms with Gasteiger partial charge in [0, 0.05) is 44.0 Å². The molecule has 0 saturated carbocycles. The van der Waals surface area contributed by atoms with E-state index in [4.69, 9.17) is 14.3 Å². The van der Waals surface area contributed by atoms with Crippen LogP contribution in [-0.2, 0) is 4.79 Å². The van der Waals surface area contributed by atoms with E-state index in [9.17, 15) is 22.8 Å². The first-order valence-corrected chi connectivity index (χ1v) is 9.93. The number of carbonyl (C=O) groups is 3. The first-order valence-electron chi connectivity index (χ1n) is 9.93. The van der Waals surface area contributed by atoms with E-state index in [1.54, 1.807) is 36.7 Å². The van der Waals surface area contributed by atoms with E-state index in [-0.39, 0.29) is 17.2 Å². The van der Waals surface area contributed by atoms with Gasteiger partial charge in [0.25, 0.3) is 11.8 Å². The second-order valence-corrected chi connectivity index (χ2v) is 7.83. The van der Waals surface area contributed by atoms with Crippen LogP contribution in [0.1, 0.15) is 40.2 Å². The summed E-state index contributed by atoms with van der Waals surface area (Å²) in [4.78, 5) is 42.0. The SMILES string of the molecule is O=C(O)C(F)(F)F.O=C(c1cccnc1)N1CCCC2(CCN(C(=O)c3ccco3)C2)C1. The van der Waals surface area contributed by atoms with Crippen molar-refractivity contribution >= 4 is 17.8 Å². The van der Waals surface area contributed by atoms with Crippen LogP contribution in [0.3, 0.4) is 0 Å². The van der Waals surface area contributed by atoms with E-state index >= 15 is 0 Å². The first-order chi connectivity index (χ1) is 15.1. The van der Waals surface area contributed by atoms with Gasteiger partial charge in [-0.15, -0.1) is 0 Å². The Morgan fingerprint density at radius 2 is 1.72 bits per heavy atom. The van der Waals surface area contributed by atoms with Crippen molar-refractivity contribution < 1.29 is 37.1 Å². The molecule has 2 aliphatic heterocycles. The summed E-state index contributed by atoms with van der Waals surface area (Å²) < 4.78 is 37.0. The topological polar surface area (TPSA) is 104 Å². The maximum absolute atomic E-state index is 12.7. The Labute approximate surface area is 181 Å². The van der Waals surface area contributed by atoms with Crippen molar-refractivity contribution in [1.29, 1.82) is 0 Å². The lowest BCUT2D eigenvalue weighted by molar-refractivity contribution is -0.192. The summed E-state index contributed by atoms with van der Waals surface area (Å²) in [6.07, 6.45) is 2.67. The Kier molecular flexibility index (Phi) is 6.85. The van der Waals surface area contributed by atoms with Crippen LogP contribution in [0.15, 0.2) is 47.3 Å². The minimum absolute atomic E-state index is 0.00162. The monoisotopic (exact) mass is 453 g/mol. The molecular weight excluding hydrogens is 431 g/mol. The molecule has 1 atom stereocenters. The third-order valence-corrected chi connectivity index (χ3v) is 5.56. The number of aliphatic carboxylic acids is 1. The number of rotatable bonds is 2. The maximum Gasteiger partial charge on any atom is 0.490 e. The highest BCUT2D eigenvalue weighted by molar-refractivity contribution is 5.94. The Hall–Kier alpha value is -3.37. The van der Waals surface area contributed by atoms with Crippen molar-refractivity contribution in [2.45, 2.75) is 25.4 Å². The van der Waals surface area contributed by atoms with Crippen LogP contribution in [-0.4, -0.2) is 70.0 Å². The third kappa shape index (κ3) is 5.45. The van der Waals surface area contributed by atoms with E-state index in [1.807, 2.05) is 9.80 Å². The Bertz CT molecular complexity index is 949. The highest BCUT2D eigenvalue weighted by atomic mass is 19.4. The minimum Gasteiger partial charge on any atom is -0.475 e. The van der Waals surface area contributed by atoms with Crippen LogP contribution in [0.25, 0.3) is 0 Å². The minimum atomic E-state index is -5.08. The van der Waals surface area contributed by atoms with Crippen LogP contribution < -0.4 is 0 Å². The zero-order valence-electron chi connectivity index (χ0n) is 17.0. The van der Waals surface area contributed by atoms with E-state index < -0.39 is 12.1 Å². The molecule has 32 heavy (non-hydrogen) atoms. The molecule has 0 radical (unpaired) electrons. The average Bonchev–Trinajstić information content (AvgIpc) is 3.44. The van der Waals surface area contributed by atoms with Crippen LogP contribution in [0.4, 0.5) is 13.2 Å². The number of piperidine rings is 1. The number of pyridine rings is 1. The molecule has 2 aliphatic rings. The summed E-state index contributed by atoms with van der Waals surface area (Å²) in [5.74, 6) is -2.40. The van der Waals surface area contributed by atoms with Gasteiger partial charge in [0.15, 0.2) is 5.76 Å². The molecule has 2 aromatic rings. The van der Waals surface area contributed by atoms with Crippen molar-refractivity contribution in [1.82, 2.24) is 14.8 Å². The van der Waals surface area contributed by atoms with Crippen molar-refractivity contribution in [2.24, 2.45) is 5.41 Å². The van der Waals surface area contributed by atoms with Crippen molar-refractivity contribution in [3.8, 4) is 0 Å². The van der Waals surface area contributed by atoms with Gasteiger partial charge < -0.3 is 19.3 Å². The molecule has 8 nitrogen and oxygen atoms in total. The summed E-state index contributed by atoms with van der Waals surface area (Å²) >= 11 is 0. The summed E-state index contributed by atoms with van der Waals surface area (Å²) in [5, 5.41) is 7.12. The number of likely N-dealkylation sites (tertiary alicyclic amines) is 2. The predicted molar refractivity (Wildman–Crippen MR) is 105 cm³/mol. The van der Waals surface area contributed by atoms with E-state index in [1.165, 1.54) is 6.26 Å². The van der Waals surface area contributed by atoms with E-state index in [0.717, 1.165) is 25.8 Å². The van der Waals surface area contributed by atoms with Crippen molar-refractivity contribution in [2.75, 3.05) is 26.2 Å². The predicted octanol–water partition coefficient (Wildman–Crippen LogP) is 3.08. The summed E-state index contributed by atoms with van der Waals surface area (Å²) in [5.41, 5.74) is 0.624. The second-order valence-electron chi connectivity index (χ2n) is 7.83. The average molecular weight is 453 g/mol. The molecule has 2 saturated heterocycles. The fraction of sp³-hybridized carbons (Fsp3) is 0.429. The van der Waals surface area contributed by atoms with Gasteiger partial charge in [-0.05, 0) is 43.5 Å². The molecule has 2 amide bonds. The number of hydrogen-bond acceptors (Lipinski definition) is 5. The molecule has 1 unspecified atom stereocenters. The van der Waals surface area contributed by atoms with E-state index in [0.29, 0.717) is 31.0 Å². The lowest BCUT2D eigenvalue weighted by Gasteiger charge is -2.40. The standard InChI is InChI=1S/C19H21N3O3.C2HF3O2/c23-17(15-4-1-8-20-12-15)21-9-3-6-19(13-21)7-10-22(14-19)18(24)16-5-2-11-25-16;3-2(4,5)1(6)7/h1-2,4-5,8,11-12H,3,6-7,9-10,13-14H2;(H,6,7). The highest BCUT2D eigenvalue weighted by Crippen LogP contribution is 2.39. The molecule has 2 fully saturated rings. The number of alkyl halides is 3. The smallest absolute Gasteiger partial charge is 0.475 e. The summed E-state index contributed by atoms with van der Waals surface area (Å²) in [6.45, 7) is 2.86. The molecule has 11 heteroatoms. The lowest BCUT2D eigenvalue weighted by atomic mass is 9.79. The van der Waals surface area contributed by atoms with Gasteiger partial charge in [0.05, 0.1) is 11.8 Å². The fourth-order valence-corrected chi connectivity index (χ4v) is 4.05. The molecule has 4 rings (SSSR count). The Balaban J connectivity index is 0.000000360. The number of hydrogen-bond donors (Lipinski definition) is 1. The van der Waals surface area contributed by atoms with E-state index in [2.05, 4.69) is 4.98 Å². The number of carboxylic acid groups (broad SMARTS) is 1. The number of carboxylic acids is 1. The highest BCUT2D eigenvalue weighted by Gasteiger charge is 2.44. The Morgan fingerprint density at radius 1 is 1.03 bits per heavy atom. The number of furan rings is 1. The number of amides is 2. The number of halogens is 3. The first kappa shape index (κ1) is 23.3. The lowest BCUT2D eigenvalue weighted by Crippen LogP contribution is -2.47. The van der Waals surface area contributed by atoms with Crippen LogP contribution in [0.2, 0.25) is 0 Å². The molecule has 4 heterocycles. The Morgan fingerprint density at radius 3 is 2.28 bits per heavy atom. The van der Waals surface area contributed by atoms with Gasteiger partial charge in [-0.25, -0.2) is 4.79 Å². The van der Waals surface area contributed by atoms with Gasteiger partial charge in [-0.2, -0.15) is 13.2 Å². The molecule has 0 bridgehead atoms. The van der Waals surface area contributed by atoms with Gasteiger partial charge in [0.1, 0.15) is 0 Å². The normalized spacial score (nSPS) is 20.6. The molecule has 0 aliphatic carbocycles. The van der Waals surface area contributed by atoms with Crippen molar-refractivity contribution in [3.63, 3.8) is 0 Å². The maximum atomic E-state index is 12.7. The molecule has 172 valence electrons. The van der Waals surface area contributed by atoms with Crippen LogP contribution in [0, 0.1) is 5.41 Å². The molecule has 2 aromatic heterocycles. The molecular formula is C21H22F3N3O5. The van der Waals surface area contributed by atoms with Crippen LogP contribution >= 0.6 is 0 Å².